The van der Waals surface area contributed by atoms with E-state index >= 15 is 0 Å². The van der Waals surface area contributed by atoms with Crippen LogP contribution in [0.15, 0.2) is 33.2 Å². The van der Waals surface area contributed by atoms with Crippen molar-refractivity contribution in [3.05, 3.63) is 47.2 Å². The lowest BCUT2D eigenvalue weighted by molar-refractivity contribution is 0.102. The van der Waals surface area contributed by atoms with Gasteiger partial charge in [-0.15, -0.1) is 10.2 Å². The summed E-state index contributed by atoms with van der Waals surface area (Å²) in [6.07, 6.45) is 1.66. The van der Waals surface area contributed by atoms with Crippen LogP contribution in [0.5, 0.6) is 0 Å². The van der Waals surface area contributed by atoms with E-state index in [-0.39, 0.29) is 5.78 Å². The van der Waals surface area contributed by atoms with Crippen molar-refractivity contribution in [1.82, 2.24) is 14.8 Å². The fraction of sp³-hybridized carbons (Fsp3) is 0.353. The van der Waals surface area contributed by atoms with Gasteiger partial charge in [0.2, 0.25) is 5.13 Å². The van der Waals surface area contributed by atoms with E-state index in [1.807, 2.05) is 39.0 Å². The van der Waals surface area contributed by atoms with E-state index in [1.165, 1.54) is 23.1 Å². The second kappa shape index (κ2) is 7.88. The maximum Gasteiger partial charge on any atom is 0.206 e. The minimum Gasteiger partial charge on any atom is -0.467 e. The number of hydrogen-bond acceptors (Lipinski definition) is 7. The first kappa shape index (κ1) is 17.8. The molecule has 8 heteroatoms. The molecule has 132 valence electrons. The van der Waals surface area contributed by atoms with Crippen LogP contribution in [0.2, 0.25) is 0 Å². The van der Waals surface area contributed by atoms with Gasteiger partial charge in [-0.05, 0) is 39.0 Å². The number of anilines is 1. The van der Waals surface area contributed by atoms with Crippen molar-refractivity contribution >= 4 is 34.0 Å². The number of Topliss-reactive ketones (excluding diaryl/α,β-unsaturated/α-hetero) is 1. The third-order valence-electron chi connectivity index (χ3n) is 3.83. The molecular formula is C17H20N4O2S2. The second-order valence-electron chi connectivity index (χ2n) is 5.57. The average Bonchev–Trinajstić information content (AvgIpc) is 3.31. The van der Waals surface area contributed by atoms with Gasteiger partial charge >= 0.3 is 0 Å². The Morgan fingerprint density at radius 3 is 2.96 bits per heavy atom. The first-order valence-electron chi connectivity index (χ1n) is 8.01. The molecule has 1 N–H and O–H groups in total. The minimum atomic E-state index is 0.101. The number of aryl methyl sites for hydroxylation is 1. The smallest absolute Gasteiger partial charge is 0.206 e. The molecule has 0 aliphatic heterocycles. The van der Waals surface area contributed by atoms with Gasteiger partial charge in [0, 0.05) is 23.5 Å². The van der Waals surface area contributed by atoms with Crippen molar-refractivity contribution in [1.29, 1.82) is 0 Å². The summed E-state index contributed by atoms with van der Waals surface area (Å²) in [4.78, 5) is 12.6. The fourth-order valence-corrected chi connectivity index (χ4v) is 4.28. The van der Waals surface area contributed by atoms with Crippen LogP contribution >= 0.6 is 23.1 Å². The first-order chi connectivity index (χ1) is 12.1. The lowest BCUT2D eigenvalue weighted by atomic mass is 10.2. The molecular weight excluding hydrogens is 356 g/mol. The molecule has 3 aromatic heterocycles. The highest BCUT2D eigenvalue weighted by Gasteiger charge is 2.17. The fourth-order valence-electron chi connectivity index (χ4n) is 2.58. The van der Waals surface area contributed by atoms with Gasteiger partial charge in [0.25, 0.3) is 0 Å². The van der Waals surface area contributed by atoms with Gasteiger partial charge < -0.3 is 14.3 Å². The summed E-state index contributed by atoms with van der Waals surface area (Å²) in [6, 6.07) is 5.76. The van der Waals surface area contributed by atoms with Crippen molar-refractivity contribution < 1.29 is 9.21 Å². The Bertz CT molecular complexity index is 852. The Balaban J connectivity index is 1.67. The summed E-state index contributed by atoms with van der Waals surface area (Å²) in [6.45, 7) is 7.43. The van der Waals surface area contributed by atoms with Crippen LogP contribution in [0.1, 0.15) is 34.4 Å². The number of nitrogens with one attached hydrogen (secondary N) is 1. The Morgan fingerprint density at radius 1 is 1.40 bits per heavy atom. The number of ketones is 1. The molecule has 0 spiro atoms. The lowest BCUT2D eigenvalue weighted by Crippen LogP contribution is -2.07. The Kier molecular flexibility index (Phi) is 5.60. The van der Waals surface area contributed by atoms with Crippen LogP contribution in [0.3, 0.4) is 0 Å². The summed E-state index contributed by atoms with van der Waals surface area (Å²) in [7, 11) is 0. The molecule has 3 aromatic rings. The van der Waals surface area contributed by atoms with Gasteiger partial charge in [0.05, 0.1) is 18.6 Å². The summed E-state index contributed by atoms with van der Waals surface area (Å²) in [5.41, 5.74) is 2.77. The van der Waals surface area contributed by atoms with Gasteiger partial charge in [-0.25, -0.2) is 0 Å². The van der Waals surface area contributed by atoms with Crippen molar-refractivity contribution in [2.24, 2.45) is 0 Å². The number of furan rings is 1. The molecule has 0 radical (unpaired) electrons. The molecule has 6 nitrogen and oxygen atoms in total. The van der Waals surface area contributed by atoms with Gasteiger partial charge in [-0.2, -0.15) is 0 Å². The molecule has 0 atom stereocenters. The molecule has 25 heavy (non-hydrogen) atoms. The van der Waals surface area contributed by atoms with Gasteiger partial charge in [-0.3, -0.25) is 4.79 Å². The maximum atomic E-state index is 12.6. The van der Waals surface area contributed by atoms with E-state index in [0.717, 1.165) is 38.7 Å². The Labute approximate surface area is 154 Å². The number of nitrogens with zero attached hydrogens (tertiary/aromatic N) is 3. The maximum absolute atomic E-state index is 12.6. The summed E-state index contributed by atoms with van der Waals surface area (Å²) in [5, 5.41) is 12.0. The van der Waals surface area contributed by atoms with Crippen LogP contribution in [-0.2, 0) is 6.54 Å². The Hall–Kier alpha value is -2.06. The van der Waals surface area contributed by atoms with E-state index < -0.39 is 0 Å². The third kappa shape index (κ3) is 4.13. The number of aromatic nitrogens is 3. The molecule has 0 aliphatic rings. The van der Waals surface area contributed by atoms with Crippen LogP contribution in [0.25, 0.3) is 0 Å². The van der Waals surface area contributed by atoms with E-state index in [2.05, 4.69) is 20.1 Å². The monoisotopic (exact) mass is 376 g/mol. The van der Waals surface area contributed by atoms with E-state index in [0.29, 0.717) is 12.3 Å². The highest BCUT2D eigenvalue weighted by atomic mass is 32.2. The number of rotatable bonds is 8. The van der Waals surface area contributed by atoms with Crippen LogP contribution in [0, 0.1) is 13.8 Å². The molecule has 0 saturated carbocycles. The van der Waals surface area contributed by atoms with E-state index in [4.69, 9.17) is 4.42 Å². The molecule has 0 unspecified atom stereocenters. The summed E-state index contributed by atoms with van der Waals surface area (Å²) >= 11 is 2.90. The van der Waals surface area contributed by atoms with Crippen LogP contribution < -0.4 is 5.32 Å². The summed E-state index contributed by atoms with van der Waals surface area (Å²) < 4.78 is 8.32. The predicted molar refractivity (Wildman–Crippen MR) is 101 cm³/mol. The van der Waals surface area contributed by atoms with Crippen LogP contribution in [0.4, 0.5) is 5.13 Å². The molecule has 0 aromatic carbocycles. The molecule has 3 rings (SSSR count). The standard InChI is InChI=1S/C17H20N4O2S2/c1-4-18-16-19-20-17(25-16)24-10-15(22)14-8-11(2)21(12(14)3)9-13-6-5-7-23-13/h5-8H,4,9-10H2,1-3H3,(H,18,19). The highest BCUT2D eigenvalue weighted by Crippen LogP contribution is 2.27. The minimum absolute atomic E-state index is 0.101. The molecule has 3 heterocycles. The van der Waals surface area contributed by atoms with Crippen LogP contribution in [-0.4, -0.2) is 32.8 Å². The van der Waals surface area contributed by atoms with Crippen molar-refractivity contribution in [2.75, 3.05) is 17.6 Å². The predicted octanol–water partition coefficient (Wildman–Crippen LogP) is 4.00. The van der Waals surface area contributed by atoms with Crippen molar-refractivity contribution in [3.8, 4) is 0 Å². The zero-order chi connectivity index (χ0) is 17.8. The topological polar surface area (TPSA) is 73.0 Å². The highest BCUT2D eigenvalue weighted by molar-refractivity contribution is 8.01. The van der Waals surface area contributed by atoms with Crippen molar-refractivity contribution in [3.63, 3.8) is 0 Å². The third-order valence-corrected chi connectivity index (χ3v) is 5.84. The molecule has 0 bridgehead atoms. The van der Waals surface area contributed by atoms with E-state index in [9.17, 15) is 4.79 Å². The Morgan fingerprint density at radius 2 is 2.24 bits per heavy atom. The van der Waals surface area contributed by atoms with Gasteiger partial charge in [-0.1, -0.05) is 23.1 Å². The SMILES string of the molecule is CCNc1nnc(SCC(=O)c2cc(C)n(Cc3ccco3)c2C)s1. The first-order valence-corrected chi connectivity index (χ1v) is 9.81. The van der Waals surface area contributed by atoms with Gasteiger partial charge in [0.15, 0.2) is 10.1 Å². The van der Waals surface area contributed by atoms with Crippen molar-refractivity contribution in [2.45, 2.75) is 31.7 Å². The zero-order valence-corrected chi connectivity index (χ0v) is 16.0. The second-order valence-corrected chi connectivity index (χ2v) is 7.77. The summed E-state index contributed by atoms with van der Waals surface area (Å²) in [5.74, 6) is 1.33. The molecule has 0 saturated heterocycles. The van der Waals surface area contributed by atoms with E-state index in [1.54, 1.807) is 6.26 Å². The molecule has 0 amide bonds. The number of thioether (sulfide) groups is 1. The number of carbonyl (C=O) groups is 1. The lowest BCUT2D eigenvalue weighted by Gasteiger charge is -2.07. The molecule has 0 aliphatic carbocycles. The number of hydrogen-bond donors (Lipinski definition) is 1. The van der Waals surface area contributed by atoms with Gasteiger partial charge in [0.1, 0.15) is 5.76 Å². The quantitative estimate of drug-likeness (QED) is 0.473. The zero-order valence-electron chi connectivity index (χ0n) is 14.4. The molecule has 0 fully saturated rings. The average molecular weight is 377 g/mol. The normalized spacial score (nSPS) is 11.0. The largest absolute Gasteiger partial charge is 0.467 e. The number of carbonyl (C=O) groups excluding carboxylic acids is 1.